The van der Waals surface area contributed by atoms with E-state index in [1.54, 1.807) is 0 Å². The highest BCUT2D eigenvalue weighted by molar-refractivity contribution is 5.86. The molecule has 0 radical (unpaired) electrons. The average Bonchev–Trinajstić information content (AvgIpc) is 3.12. The van der Waals surface area contributed by atoms with Crippen molar-refractivity contribution in [1.82, 2.24) is 10.3 Å². The third-order valence-electron chi connectivity index (χ3n) is 5.37. The maximum absolute atomic E-state index is 13.3. The molecule has 0 bridgehead atoms. The molecule has 140 valence electrons. The molecule has 28 heavy (non-hydrogen) atoms. The standard InChI is InChI=1S/C24H21FN2O/c25-18-8-6-17(7-9-18)23-24-20(12-13-26-23)21-14-19(10-11-22(21)27-24)28-15-16-4-2-1-3-5-16/h1-11,14,23,26-27H,12-13,15H2. The molecular weight excluding hydrogens is 351 g/mol. The Hall–Kier alpha value is -3.11. The van der Waals surface area contributed by atoms with Gasteiger partial charge in [-0.05, 0) is 53.4 Å². The van der Waals surface area contributed by atoms with Gasteiger partial charge >= 0.3 is 0 Å². The molecule has 3 aromatic carbocycles. The molecule has 0 amide bonds. The van der Waals surface area contributed by atoms with Gasteiger partial charge in [0.2, 0.25) is 0 Å². The van der Waals surface area contributed by atoms with Gasteiger partial charge in [0.15, 0.2) is 0 Å². The molecule has 1 unspecified atom stereocenters. The summed E-state index contributed by atoms with van der Waals surface area (Å²) in [6.07, 6.45) is 0.954. The van der Waals surface area contributed by atoms with Crippen LogP contribution in [0.5, 0.6) is 5.75 Å². The molecule has 0 aliphatic carbocycles. The topological polar surface area (TPSA) is 37.0 Å². The second kappa shape index (κ2) is 7.13. The molecule has 2 N–H and O–H groups in total. The molecular formula is C24H21FN2O. The Morgan fingerprint density at radius 1 is 0.964 bits per heavy atom. The first-order chi connectivity index (χ1) is 13.8. The van der Waals surface area contributed by atoms with Crippen molar-refractivity contribution in [3.05, 3.63) is 101 Å². The van der Waals surface area contributed by atoms with E-state index in [1.165, 1.54) is 23.1 Å². The summed E-state index contributed by atoms with van der Waals surface area (Å²) in [5, 5.41) is 4.75. The van der Waals surface area contributed by atoms with Crippen molar-refractivity contribution in [1.29, 1.82) is 0 Å². The molecule has 0 fully saturated rings. The van der Waals surface area contributed by atoms with E-state index in [0.717, 1.165) is 41.1 Å². The number of rotatable bonds is 4. The number of nitrogens with one attached hydrogen (secondary N) is 2. The van der Waals surface area contributed by atoms with Gasteiger partial charge in [-0.25, -0.2) is 4.39 Å². The Morgan fingerprint density at radius 3 is 2.61 bits per heavy atom. The molecule has 4 aromatic rings. The molecule has 0 saturated heterocycles. The van der Waals surface area contributed by atoms with Crippen LogP contribution in [0.4, 0.5) is 4.39 Å². The number of aromatic amines is 1. The first-order valence-corrected chi connectivity index (χ1v) is 9.58. The Balaban J connectivity index is 1.47. The lowest BCUT2D eigenvalue weighted by Gasteiger charge is -2.24. The van der Waals surface area contributed by atoms with Crippen molar-refractivity contribution in [3.8, 4) is 5.75 Å². The quantitative estimate of drug-likeness (QED) is 0.522. The van der Waals surface area contributed by atoms with E-state index in [1.807, 2.05) is 36.4 Å². The zero-order valence-electron chi connectivity index (χ0n) is 15.4. The zero-order chi connectivity index (χ0) is 18.9. The second-order valence-corrected chi connectivity index (χ2v) is 7.19. The minimum Gasteiger partial charge on any atom is -0.489 e. The van der Waals surface area contributed by atoms with Gasteiger partial charge in [0.25, 0.3) is 0 Å². The van der Waals surface area contributed by atoms with Crippen molar-refractivity contribution in [3.63, 3.8) is 0 Å². The van der Waals surface area contributed by atoms with Crippen molar-refractivity contribution in [2.24, 2.45) is 0 Å². The van der Waals surface area contributed by atoms with Gasteiger partial charge in [0.05, 0.1) is 6.04 Å². The fourth-order valence-electron chi connectivity index (χ4n) is 3.98. The summed E-state index contributed by atoms with van der Waals surface area (Å²) in [5.41, 5.74) is 5.79. The Morgan fingerprint density at radius 2 is 1.79 bits per heavy atom. The van der Waals surface area contributed by atoms with E-state index in [0.29, 0.717) is 6.61 Å². The number of fused-ring (bicyclic) bond motifs is 3. The Kier molecular flexibility index (Phi) is 4.34. The second-order valence-electron chi connectivity index (χ2n) is 7.19. The van der Waals surface area contributed by atoms with Crippen LogP contribution in [0.1, 0.15) is 28.4 Å². The average molecular weight is 372 g/mol. The largest absolute Gasteiger partial charge is 0.489 e. The van der Waals surface area contributed by atoms with E-state index in [4.69, 9.17) is 4.74 Å². The van der Waals surface area contributed by atoms with E-state index in [9.17, 15) is 4.39 Å². The number of hydrogen-bond donors (Lipinski definition) is 2. The van der Waals surface area contributed by atoms with Crippen LogP contribution in [0.2, 0.25) is 0 Å². The van der Waals surface area contributed by atoms with Crippen molar-refractivity contribution >= 4 is 10.9 Å². The third kappa shape index (κ3) is 3.16. The van der Waals surface area contributed by atoms with Gasteiger partial charge in [0.1, 0.15) is 18.2 Å². The molecule has 5 rings (SSSR count). The lowest BCUT2D eigenvalue weighted by Crippen LogP contribution is -2.30. The molecule has 1 atom stereocenters. The summed E-state index contributed by atoms with van der Waals surface area (Å²) in [6, 6.07) is 23.2. The van der Waals surface area contributed by atoms with E-state index >= 15 is 0 Å². The molecule has 1 aromatic heterocycles. The maximum atomic E-state index is 13.3. The Labute approximate surface area is 163 Å². The van der Waals surface area contributed by atoms with Crippen molar-refractivity contribution in [2.45, 2.75) is 19.1 Å². The highest BCUT2D eigenvalue weighted by Gasteiger charge is 2.25. The van der Waals surface area contributed by atoms with Crippen LogP contribution >= 0.6 is 0 Å². The first-order valence-electron chi connectivity index (χ1n) is 9.58. The lowest BCUT2D eigenvalue weighted by atomic mass is 9.94. The molecule has 2 heterocycles. The van der Waals surface area contributed by atoms with Gasteiger partial charge in [-0.15, -0.1) is 0 Å². The van der Waals surface area contributed by atoms with Gasteiger partial charge in [-0.1, -0.05) is 42.5 Å². The highest BCUT2D eigenvalue weighted by Crippen LogP contribution is 2.35. The fraction of sp³-hybridized carbons (Fsp3) is 0.167. The predicted octanol–water partition coefficient (Wildman–Crippen LogP) is 5.12. The number of H-pyrrole nitrogens is 1. The van der Waals surface area contributed by atoms with Gasteiger partial charge in [-0.2, -0.15) is 0 Å². The van der Waals surface area contributed by atoms with E-state index in [-0.39, 0.29) is 11.9 Å². The number of hydrogen-bond acceptors (Lipinski definition) is 2. The van der Waals surface area contributed by atoms with Gasteiger partial charge < -0.3 is 15.0 Å². The van der Waals surface area contributed by atoms with Crippen molar-refractivity contribution < 1.29 is 9.13 Å². The van der Waals surface area contributed by atoms with E-state index < -0.39 is 0 Å². The van der Waals surface area contributed by atoms with Crippen molar-refractivity contribution in [2.75, 3.05) is 6.54 Å². The normalized spacial score (nSPS) is 16.1. The summed E-state index contributed by atoms with van der Waals surface area (Å²) in [6.45, 7) is 1.44. The molecule has 1 aliphatic rings. The third-order valence-corrected chi connectivity index (χ3v) is 5.37. The zero-order valence-corrected chi connectivity index (χ0v) is 15.4. The maximum Gasteiger partial charge on any atom is 0.123 e. The number of benzene rings is 3. The summed E-state index contributed by atoms with van der Waals surface area (Å²) in [4.78, 5) is 3.57. The number of ether oxygens (including phenoxy) is 1. The molecule has 3 nitrogen and oxygen atoms in total. The minimum absolute atomic E-state index is 0.0467. The van der Waals surface area contributed by atoms with E-state index in [2.05, 4.69) is 34.6 Å². The molecule has 4 heteroatoms. The van der Waals surface area contributed by atoms with Crippen LogP contribution in [-0.2, 0) is 13.0 Å². The molecule has 0 saturated carbocycles. The van der Waals surface area contributed by atoms with Crippen LogP contribution in [0, 0.1) is 5.82 Å². The summed E-state index contributed by atoms with van der Waals surface area (Å²) < 4.78 is 19.3. The summed E-state index contributed by atoms with van der Waals surface area (Å²) >= 11 is 0. The summed E-state index contributed by atoms with van der Waals surface area (Å²) in [7, 11) is 0. The highest BCUT2D eigenvalue weighted by atomic mass is 19.1. The monoisotopic (exact) mass is 372 g/mol. The van der Waals surface area contributed by atoms with Gasteiger partial charge in [0, 0.05) is 23.1 Å². The number of halogens is 1. The minimum atomic E-state index is -0.211. The number of aromatic nitrogens is 1. The lowest BCUT2D eigenvalue weighted by molar-refractivity contribution is 0.306. The smallest absolute Gasteiger partial charge is 0.123 e. The fourth-order valence-corrected chi connectivity index (χ4v) is 3.98. The molecule has 0 spiro atoms. The summed E-state index contributed by atoms with van der Waals surface area (Å²) in [5.74, 6) is 0.659. The van der Waals surface area contributed by atoms with Crippen LogP contribution in [0.15, 0.2) is 72.8 Å². The Bertz CT molecular complexity index is 1100. The first kappa shape index (κ1) is 17.0. The van der Waals surface area contributed by atoms with Crippen LogP contribution in [0.3, 0.4) is 0 Å². The van der Waals surface area contributed by atoms with Crippen LogP contribution < -0.4 is 10.1 Å². The molecule has 1 aliphatic heterocycles. The van der Waals surface area contributed by atoms with Gasteiger partial charge in [-0.3, -0.25) is 0 Å². The SMILES string of the molecule is Fc1ccc(C2NCCc3c2[nH]c2ccc(OCc4ccccc4)cc32)cc1. The van der Waals surface area contributed by atoms with Crippen LogP contribution in [0.25, 0.3) is 10.9 Å². The van der Waals surface area contributed by atoms with Crippen LogP contribution in [-0.4, -0.2) is 11.5 Å². The predicted molar refractivity (Wildman–Crippen MR) is 109 cm³/mol.